The van der Waals surface area contributed by atoms with Crippen LogP contribution in [-0.2, 0) is 26.2 Å². The fourth-order valence-electron chi connectivity index (χ4n) is 3.05. The number of amides is 2. The van der Waals surface area contributed by atoms with Crippen LogP contribution in [0.1, 0.15) is 26.3 Å². The summed E-state index contributed by atoms with van der Waals surface area (Å²) in [6.45, 7) is 4.24. The molecule has 2 rings (SSSR count). The van der Waals surface area contributed by atoms with Crippen LogP contribution < -0.4 is 9.62 Å². The maximum absolute atomic E-state index is 13.8. The molecule has 0 radical (unpaired) electrons. The molecule has 11 heteroatoms. The topological polar surface area (TPSA) is 86.8 Å². The first kappa shape index (κ1) is 26.5. The number of rotatable bonds is 9. The van der Waals surface area contributed by atoms with Crippen LogP contribution >= 0.6 is 11.6 Å². The Morgan fingerprint density at radius 3 is 2.24 bits per heavy atom. The Kier molecular flexibility index (Phi) is 8.79. The summed E-state index contributed by atoms with van der Waals surface area (Å²) in [4.78, 5) is 27.1. The standard InChI is InChI=1S/C22H26ClF2N3O4S/c1-14(2)26-22(30)15(3)27(12-16-7-5-6-8-18(16)23)21(29)13-28(33(4,31)32)17-9-10-19(24)20(25)11-17/h5-11,14-15H,12-13H2,1-4H3,(H,26,30)/t15-/m0/s1. The van der Waals surface area contributed by atoms with Crippen molar-refractivity contribution in [3.8, 4) is 0 Å². The van der Waals surface area contributed by atoms with Crippen molar-refractivity contribution >= 4 is 39.1 Å². The Morgan fingerprint density at radius 2 is 1.70 bits per heavy atom. The zero-order valence-corrected chi connectivity index (χ0v) is 20.3. The van der Waals surface area contributed by atoms with Crippen molar-refractivity contribution < 1.29 is 26.8 Å². The molecule has 0 aliphatic rings. The first-order chi connectivity index (χ1) is 15.3. The van der Waals surface area contributed by atoms with Crippen molar-refractivity contribution in [2.45, 2.75) is 39.4 Å². The largest absolute Gasteiger partial charge is 0.352 e. The van der Waals surface area contributed by atoms with Gasteiger partial charge in [-0.25, -0.2) is 17.2 Å². The van der Waals surface area contributed by atoms with Crippen molar-refractivity contribution in [2.75, 3.05) is 17.1 Å². The van der Waals surface area contributed by atoms with Gasteiger partial charge < -0.3 is 10.2 Å². The average Bonchev–Trinajstić information content (AvgIpc) is 2.71. The first-order valence-electron chi connectivity index (χ1n) is 10.1. The van der Waals surface area contributed by atoms with E-state index in [0.717, 1.165) is 18.4 Å². The molecular weight excluding hydrogens is 476 g/mol. The van der Waals surface area contributed by atoms with E-state index in [9.17, 15) is 26.8 Å². The zero-order valence-electron chi connectivity index (χ0n) is 18.7. The highest BCUT2D eigenvalue weighted by Gasteiger charge is 2.31. The summed E-state index contributed by atoms with van der Waals surface area (Å²) in [6, 6.07) is 8.09. The third-order valence-electron chi connectivity index (χ3n) is 4.77. The van der Waals surface area contributed by atoms with Crippen LogP contribution in [0.4, 0.5) is 14.5 Å². The number of nitrogens with one attached hydrogen (secondary N) is 1. The van der Waals surface area contributed by atoms with Crippen LogP contribution in [0.25, 0.3) is 0 Å². The van der Waals surface area contributed by atoms with Crippen LogP contribution in [-0.4, -0.2) is 50.0 Å². The molecule has 0 spiro atoms. The van der Waals surface area contributed by atoms with Crippen LogP contribution in [0.5, 0.6) is 0 Å². The quantitative estimate of drug-likeness (QED) is 0.571. The minimum Gasteiger partial charge on any atom is -0.352 e. The van der Waals surface area contributed by atoms with Crippen LogP contribution in [0, 0.1) is 11.6 Å². The normalized spacial score (nSPS) is 12.4. The van der Waals surface area contributed by atoms with Crippen molar-refractivity contribution in [1.82, 2.24) is 10.2 Å². The Hall–Kier alpha value is -2.72. The summed E-state index contributed by atoms with van der Waals surface area (Å²) in [7, 11) is -4.05. The van der Waals surface area contributed by atoms with Gasteiger partial charge in [-0.3, -0.25) is 13.9 Å². The lowest BCUT2D eigenvalue weighted by Gasteiger charge is -2.32. The summed E-state index contributed by atoms with van der Waals surface area (Å²) in [6.07, 6.45) is 0.842. The molecule has 0 aliphatic carbocycles. The number of halogens is 3. The molecule has 1 N–H and O–H groups in total. The maximum Gasteiger partial charge on any atom is 0.244 e. The van der Waals surface area contributed by atoms with Gasteiger partial charge in [-0.05, 0) is 44.5 Å². The van der Waals surface area contributed by atoms with Gasteiger partial charge in [0.1, 0.15) is 12.6 Å². The van der Waals surface area contributed by atoms with Gasteiger partial charge in [-0.15, -0.1) is 0 Å². The number of carbonyl (C=O) groups is 2. The Labute approximate surface area is 197 Å². The number of anilines is 1. The molecule has 0 aromatic heterocycles. The lowest BCUT2D eigenvalue weighted by molar-refractivity contribution is -0.139. The van der Waals surface area contributed by atoms with E-state index < -0.39 is 46.1 Å². The van der Waals surface area contributed by atoms with Gasteiger partial charge >= 0.3 is 0 Å². The molecule has 1 atom stereocenters. The monoisotopic (exact) mass is 501 g/mol. The molecule has 0 aliphatic heterocycles. The molecule has 7 nitrogen and oxygen atoms in total. The average molecular weight is 502 g/mol. The van der Waals surface area contributed by atoms with Gasteiger partial charge in [0.2, 0.25) is 21.8 Å². The summed E-state index contributed by atoms with van der Waals surface area (Å²) in [5, 5.41) is 3.09. The van der Waals surface area contributed by atoms with Crippen molar-refractivity contribution in [3.63, 3.8) is 0 Å². The highest BCUT2D eigenvalue weighted by molar-refractivity contribution is 7.92. The molecule has 33 heavy (non-hydrogen) atoms. The predicted octanol–water partition coefficient (Wildman–Crippen LogP) is 3.33. The van der Waals surface area contributed by atoms with Crippen molar-refractivity contribution in [3.05, 3.63) is 64.7 Å². The number of hydrogen-bond acceptors (Lipinski definition) is 4. The molecular formula is C22H26ClF2N3O4S. The van der Waals surface area contributed by atoms with Crippen LogP contribution in [0.3, 0.4) is 0 Å². The summed E-state index contributed by atoms with van der Waals surface area (Å²) in [5.41, 5.74) is 0.331. The predicted molar refractivity (Wildman–Crippen MR) is 123 cm³/mol. The summed E-state index contributed by atoms with van der Waals surface area (Å²) < 4.78 is 52.5. The minimum atomic E-state index is -4.05. The molecule has 2 amide bonds. The van der Waals surface area contributed by atoms with E-state index in [0.29, 0.717) is 21.0 Å². The second-order valence-electron chi connectivity index (χ2n) is 7.82. The molecule has 0 saturated heterocycles. The van der Waals surface area contributed by atoms with Crippen molar-refractivity contribution in [2.24, 2.45) is 0 Å². The number of nitrogens with zero attached hydrogens (tertiary/aromatic N) is 2. The molecule has 0 heterocycles. The van der Waals surface area contributed by atoms with Gasteiger partial charge in [0.15, 0.2) is 11.6 Å². The summed E-state index contributed by atoms with van der Waals surface area (Å²) in [5.74, 6) is -3.58. The second kappa shape index (κ2) is 10.9. The number of sulfonamides is 1. The van der Waals surface area contributed by atoms with Gasteiger partial charge in [0.05, 0.1) is 11.9 Å². The van der Waals surface area contributed by atoms with Gasteiger partial charge in [-0.1, -0.05) is 29.8 Å². The second-order valence-corrected chi connectivity index (χ2v) is 10.1. The van der Waals surface area contributed by atoms with Crippen LogP contribution in [0.2, 0.25) is 5.02 Å². The number of hydrogen-bond donors (Lipinski definition) is 1. The third kappa shape index (κ3) is 7.13. The highest BCUT2D eigenvalue weighted by atomic mass is 35.5. The molecule has 0 bridgehead atoms. The van der Waals surface area contributed by atoms with Gasteiger partial charge in [-0.2, -0.15) is 0 Å². The Bertz CT molecular complexity index is 1130. The van der Waals surface area contributed by atoms with Crippen LogP contribution in [0.15, 0.2) is 42.5 Å². The van der Waals surface area contributed by atoms with Gasteiger partial charge in [0, 0.05) is 23.7 Å². The zero-order chi connectivity index (χ0) is 24.9. The van der Waals surface area contributed by atoms with Gasteiger partial charge in [0.25, 0.3) is 0 Å². The Morgan fingerprint density at radius 1 is 1.06 bits per heavy atom. The van der Waals surface area contributed by atoms with E-state index in [2.05, 4.69) is 5.32 Å². The lowest BCUT2D eigenvalue weighted by Crippen LogP contribution is -2.52. The third-order valence-corrected chi connectivity index (χ3v) is 6.28. The fraction of sp³-hybridized carbons (Fsp3) is 0.364. The molecule has 0 saturated carbocycles. The molecule has 0 fully saturated rings. The first-order valence-corrected chi connectivity index (χ1v) is 12.3. The van der Waals surface area contributed by atoms with E-state index in [-0.39, 0.29) is 18.3 Å². The summed E-state index contributed by atoms with van der Waals surface area (Å²) >= 11 is 6.23. The van der Waals surface area contributed by atoms with E-state index in [1.165, 1.54) is 11.8 Å². The number of carbonyl (C=O) groups excluding carboxylic acids is 2. The molecule has 2 aromatic carbocycles. The van der Waals surface area contributed by atoms with E-state index in [1.54, 1.807) is 38.1 Å². The SMILES string of the molecule is CC(C)NC(=O)[C@H](C)N(Cc1ccccc1Cl)C(=O)CN(c1ccc(F)c(F)c1)S(C)(=O)=O. The van der Waals surface area contributed by atoms with E-state index in [4.69, 9.17) is 11.6 Å². The molecule has 2 aromatic rings. The number of benzene rings is 2. The van der Waals surface area contributed by atoms with Crippen molar-refractivity contribution in [1.29, 1.82) is 0 Å². The van der Waals surface area contributed by atoms with E-state index in [1.807, 2.05) is 0 Å². The Balaban J connectivity index is 2.43. The molecule has 180 valence electrons. The van der Waals surface area contributed by atoms with E-state index >= 15 is 0 Å². The highest BCUT2D eigenvalue weighted by Crippen LogP contribution is 2.23. The lowest BCUT2D eigenvalue weighted by atomic mass is 10.1. The minimum absolute atomic E-state index is 0.0689. The fourth-order valence-corrected chi connectivity index (χ4v) is 4.09. The maximum atomic E-state index is 13.8. The molecule has 0 unspecified atom stereocenters. The smallest absolute Gasteiger partial charge is 0.244 e.